The molecule has 0 spiro atoms. The maximum Gasteiger partial charge on any atom is 0.149 e. The first kappa shape index (κ1) is 11.5. The molecule has 2 aromatic rings. The van der Waals surface area contributed by atoms with E-state index in [0.717, 1.165) is 36.9 Å². The molecule has 0 saturated heterocycles. The summed E-state index contributed by atoms with van der Waals surface area (Å²) in [5.41, 5.74) is 8.79. The Labute approximate surface area is 109 Å². The van der Waals surface area contributed by atoms with Gasteiger partial charge in [-0.3, -0.25) is 0 Å². The van der Waals surface area contributed by atoms with Crippen molar-refractivity contribution in [3.05, 3.63) is 40.3 Å². The Kier molecular flexibility index (Phi) is 2.74. The lowest BCUT2D eigenvalue weighted by atomic mass is 9.97. The number of benzene rings is 1. The second-order valence-corrected chi connectivity index (χ2v) is 4.94. The highest BCUT2D eigenvalue weighted by atomic mass is 35.5. The first-order valence-corrected chi connectivity index (χ1v) is 6.36. The van der Waals surface area contributed by atoms with Crippen LogP contribution in [0.15, 0.2) is 18.2 Å². The summed E-state index contributed by atoms with van der Waals surface area (Å²) in [6.45, 7) is 0. The summed E-state index contributed by atoms with van der Waals surface area (Å²) in [5.74, 6) is 0.118. The third-order valence-electron chi connectivity index (χ3n) is 3.36. The van der Waals surface area contributed by atoms with Gasteiger partial charge in [0.2, 0.25) is 0 Å². The molecule has 0 amide bonds. The van der Waals surface area contributed by atoms with Crippen LogP contribution in [-0.2, 0) is 12.8 Å². The molecule has 1 aliphatic rings. The fourth-order valence-electron chi connectivity index (χ4n) is 2.46. The molecule has 0 aliphatic heterocycles. The van der Waals surface area contributed by atoms with Crippen molar-refractivity contribution in [2.24, 2.45) is 0 Å². The third kappa shape index (κ3) is 1.77. The van der Waals surface area contributed by atoms with Gasteiger partial charge in [-0.1, -0.05) is 11.6 Å². The predicted molar refractivity (Wildman–Crippen MR) is 69.6 cm³/mol. The second-order valence-electron chi connectivity index (χ2n) is 4.53. The quantitative estimate of drug-likeness (QED) is 0.861. The van der Waals surface area contributed by atoms with E-state index in [1.807, 2.05) is 0 Å². The molecule has 1 aromatic heterocycles. The van der Waals surface area contributed by atoms with E-state index >= 15 is 0 Å². The number of nitrogen functional groups attached to an aromatic ring is 1. The van der Waals surface area contributed by atoms with Gasteiger partial charge >= 0.3 is 0 Å². The van der Waals surface area contributed by atoms with Gasteiger partial charge in [-0.15, -0.1) is 0 Å². The Morgan fingerprint density at radius 1 is 1.28 bits per heavy atom. The fourth-order valence-corrected chi connectivity index (χ4v) is 2.58. The maximum absolute atomic E-state index is 13.5. The minimum atomic E-state index is -0.437. The average molecular weight is 266 g/mol. The van der Waals surface area contributed by atoms with E-state index in [1.165, 1.54) is 6.07 Å². The smallest absolute Gasteiger partial charge is 0.149 e. The Morgan fingerprint density at radius 2 is 2.06 bits per heavy atom. The number of nitrogens with two attached hydrogens (primary N) is 1. The highest BCUT2D eigenvalue weighted by Gasteiger charge is 2.20. The molecule has 0 atom stereocenters. The summed E-state index contributed by atoms with van der Waals surface area (Å²) in [5, 5.41) is 4.44. The van der Waals surface area contributed by atoms with E-state index < -0.39 is 5.82 Å². The van der Waals surface area contributed by atoms with Crippen molar-refractivity contribution in [1.82, 2.24) is 9.78 Å². The average Bonchev–Trinajstić information content (AvgIpc) is 2.71. The molecule has 0 radical (unpaired) electrons. The van der Waals surface area contributed by atoms with Crippen molar-refractivity contribution in [3.63, 3.8) is 0 Å². The van der Waals surface area contributed by atoms with E-state index in [2.05, 4.69) is 5.10 Å². The first-order valence-electron chi connectivity index (χ1n) is 5.98. The molecule has 94 valence electrons. The normalized spacial score (nSPS) is 14.6. The molecule has 1 heterocycles. The van der Waals surface area contributed by atoms with Gasteiger partial charge < -0.3 is 5.73 Å². The van der Waals surface area contributed by atoms with Gasteiger partial charge in [0, 0.05) is 17.3 Å². The van der Waals surface area contributed by atoms with Crippen molar-refractivity contribution < 1.29 is 4.39 Å². The second kappa shape index (κ2) is 4.28. The number of aromatic nitrogens is 2. The summed E-state index contributed by atoms with van der Waals surface area (Å²) in [7, 11) is 0. The van der Waals surface area contributed by atoms with Gasteiger partial charge in [-0.2, -0.15) is 5.10 Å². The van der Waals surface area contributed by atoms with Crippen LogP contribution in [0.25, 0.3) is 5.69 Å². The summed E-state index contributed by atoms with van der Waals surface area (Å²) < 4.78 is 15.2. The zero-order valence-corrected chi connectivity index (χ0v) is 10.5. The van der Waals surface area contributed by atoms with Crippen molar-refractivity contribution in [1.29, 1.82) is 0 Å². The van der Waals surface area contributed by atoms with Gasteiger partial charge in [-0.05, 0) is 37.8 Å². The van der Waals surface area contributed by atoms with Crippen LogP contribution in [0.5, 0.6) is 0 Å². The molecular weight excluding hydrogens is 253 g/mol. The number of anilines is 1. The molecule has 0 fully saturated rings. The van der Waals surface area contributed by atoms with Gasteiger partial charge in [0.15, 0.2) is 0 Å². The zero-order valence-electron chi connectivity index (χ0n) is 9.79. The number of nitrogens with zero attached hydrogens (tertiary/aromatic N) is 2. The summed E-state index contributed by atoms with van der Waals surface area (Å²) in [4.78, 5) is 0. The first-order chi connectivity index (χ1) is 8.66. The molecule has 0 bridgehead atoms. The molecule has 18 heavy (non-hydrogen) atoms. The fraction of sp³-hybridized carbons (Fsp3) is 0.308. The number of hydrogen-bond acceptors (Lipinski definition) is 2. The largest absolute Gasteiger partial charge is 0.382 e. The predicted octanol–water partition coefficient (Wildman–Crippen LogP) is 3.13. The van der Waals surface area contributed by atoms with E-state index in [4.69, 9.17) is 17.3 Å². The van der Waals surface area contributed by atoms with E-state index in [0.29, 0.717) is 11.5 Å². The van der Waals surface area contributed by atoms with Crippen LogP contribution in [-0.4, -0.2) is 9.78 Å². The van der Waals surface area contributed by atoms with Crippen LogP contribution < -0.4 is 5.73 Å². The highest BCUT2D eigenvalue weighted by molar-refractivity contribution is 6.30. The molecule has 3 rings (SSSR count). The van der Waals surface area contributed by atoms with E-state index in [-0.39, 0.29) is 5.02 Å². The summed E-state index contributed by atoms with van der Waals surface area (Å²) in [6, 6.07) is 4.69. The molecule has 1 aliphatic carbocycles. The van der Waals surface area contributed by atoms with Gasteiger partial charge in [0.25, 0.3) is 0 Å². The molecule has 5 heteroatoms. The lowest BCUT2D eigenvalue weighted by Gasteiger charge is -2.13. The molecule has 0 unspecified atom stereocenters. The zero-order chi connectivity index (χ0) is 12.7. The molecular formula is C13H13ClFN3. The monoisotopic (exact) mass is 265 g/mol. The molecule has 0 saturated carbocycles. The van der Waals surface area contributed by atoms with Crippen molar-refractivity contribution in [3.8, 4) is 5.69 Å². The Bertz CT molecular complexity index is 607. The Morgan fingerprint density at radius 3 is 2.83 bits per heavy atom. The number of fused-ring (bicyclic) bond motifs is 1. The minimum absolute atomic E-state index is 0.118. The minimum Gasteiger partial charge on any atom is -0.382 e. The lowest BCUT2D eigenvalue weighted by Crippen LogP contribution is -2.08. The SMILES string of the molecule is Nc1nn(-c2ccc(Cl)c(F)c2)c2c1CCCC2. The number of halogens is 2. The maximum atomic E-state index is 13.5. The summed E-state index contributed by atoms with van der Waals surface area (Å²) in [6.07, 6.45) is 4.15. The topological polar surface area (TPSA) is 43.8 Å². The van der Waals surface area contributed by atoms with Crippen LogP contribution in [0, 0.1) is 5.82 Å². The van der Waals surface area contributed by atoms with Crippen LogP contribution in [0.2, 0.25) is 5.02 Å². The van der Waals surface area contributed by atoms with Crippen molar-refractivity contribution >= 4 is 17.4 Å². The summed E-state index contributed by atoms with van der Waals surface area (Å²) >= 11 is 5.69. The molecule has 2 N–H and O–H groups in total. The Hall–Kier alpha value is -1.55. The van der Waals surface area contributed by atoms with Gasteiger partial charge in [0.1, 0.15) is 11.6 Å². The number of rotatable bonds is 1. The van der Waals surface area contributed by atoms with Crippen LogP contribution in [0.1, 0.15) is 24.1 Å². The Balaban J connectivity index is 2.14. The van der Waals surface area contributed by atoms with Gasteiger partial charge in [-0.25, -0.2) is 9.07 Å². The van der Waals surface area contributed by atoms with Crippen LogP contribution in [0.3, 0.4) is 0 Å². The van der Waals surface area contributed by atoms with E-state index in [9.17, 15) is 4.39 Å². The molecule has 1 aromatic carbocycles. The van der Waals surface area contributed by atoms with Crippen molar-refractivity contribution in [2.45, 2.75) is 25.7 Å². The van der Waals surface area contributed by atoms with Crippen LogP contribution >= 0.6 is 11.6 Å². The standard InChI is InChI=1S/C13H13ClFN3/c14-10-6-5-8(7-11(10)15)18-12-4-2-1-3-9(12)13(16)17-18/h5-7H,1-4H2,(H2,16,17). The lowest BCUT2D eigenvalue weighted by molar-refractivity contribution is 0.621. The van der Waals surface area contributed by atoms with Crippen molar-refractivity contribution in [2.75, 3.05) is 5.73 Å². The van der Waals surface area contributed by atoms with E-state index in [1.54, 1.807) is 16.8 Å². The van der Waals surface area contributed by atoms with Crippen LogP contribution in [0.4, 0.5) is 10.2 Å². The van der Waals surface area contributed by atoms with Gasteiger partial charge in [0.05, 0.1) is 10.7 Å². The number of hydrogen-bond donors (Lipinski definition) is 1. The highest BCUT2D eigenvalue weighted by Crippen LogP contribution is 2.29. The third-order valence-corrected chi connectivity index (χ3v) is 3.67. The molecule has 3 nitrogen and oxygen atoms in total.